The molecule has 0 saturated heterocycles. The van der Waals surface area contributed by atoms with E-state index in [-0.39, 0.29) is 0 Å². The van der Waals surface area contributed by atoms with Gasteiger partial charge in [-0.15, -0.1) is 11.6 Å². The van der Waals surface area contributed by atoms with E-state index < -0.39 is 26.5 Å². The SMILES string of the molecule is Cc1ccc(S(=O)[C@@]2(Cl)C[C@@]2(C)C(O)c2ccccc2)cc1. The molecule has 2 unspecified atom stereocenters. The van der Waals surface area contributed by atoms with Gasteiger partial charge in [0, 0.05) is 10.3 Å². The van der Waals surface area contributed by atoms with E-state index in [9.17, 15) is 9.32 Å². The maximum Gasteiger partial charge on any atom is 0.133 e. The van der Waals surface area contributed by atoms with Crippen molar-refractivity contribution < 1.29 is 9.32 Å². The Morgan fingerprint density at radius 1 is 1.14 bits per heavy atom. The lowest BCUT2D eigenvalue weighted by Gasteiger charge is -2.23. The summed E-state index contributed by atoms with van der Waals surface area (Å²) in [5.74, 6) is 0. The highest BCUT2D eigenvalue weighted by Crippen LogP contribution is 2.69. The smallest absolute Gasteiger partial charge is 0.133 e. The van der Waals surface area contributed by atoms with Crippen LogP contribution in [0.2, 0.25) is 0 Å². The van der Waals surface area contributed by atoms with Crippen LogP contribution in [0.5, 0.6) is 0 Å². The fourth-order valence-electron chi connectivity index (χ4n) is 2.86. The largest absolute Gasteiger partial charge is 0.388 e. The maximum atomic E-state index is 12.9. The van der Waals surface area contributed by atoms with Crippen LogP contribution in [0.1, 0.15) is 30.6 Å². The van der Waals surface area contributed by atoms with Crippen LogP contribution in [-0.2, 0) is 10.8 Å². The molecule has 0 amide bonds. The highest BCUT2D eigenvalue weighted by molar-refractivity contribution is 7.88. The van der Waals surface area contributed by atoms with Gasteiger partial charge in [0.25, 0.3) is 0 Å². The van der Waals surface area contributed by atoms with Gasteiger partial charge in [0.15, 0.2) is 0 Å². The summed E-state index contributed by atoms with van der Waals surface area (Å²) in [5, 5.41) is 10.7. The molecule has 0 radical (unpaired) electrons. The summed E-state index contributed by atoms with van der Waals surface area (Å²) in [6.45, 7) is 3.90. The van der Waals surface area contributed by atoms with E-state index in [1.165, 1.54) is 0 Å². The lowest BCUT2D eigenvalue weighted by atomic mass is 9.95. The fraction of sp³-hybridized carbons (Fsp3) is 0.333. The van der Waals surface area contributed by atoms with Gasteiger partial charge in [-0.05, 0) is 31.0 Å². The third-order valence-corrected chi connectivity index (χ3v) is 7.45. The van der Waals surface area contributed by atoms with Crippen LogP contribution in [0.25, 0.3) is 0 Å². The predicted molar refractivity (Wildman–Crippen MR) is 90.3 cm³/mol. The van der Waals surface area contributed by atoms with Crippen molar-refractivity contribution in [3.8, 4) is 0 Å². The monoisotopic (exact) mass is 334 g/mol. The van der Waals surface area contributed by atoms with E-state index in [4.69, 9.17) is 11.6 Å². The van der Waals surface area contributed by atoms with Crippen LogP contribution < -0.4 is 0 Å². The topological polar surface area (TPSA) is 37.3 Å². The highest BCUT2D eigenvalue weighted by atomic mass is 35.5. The standard InChI is InChI=1S/C18H19ClO2S/c1-13-8-10-15(11-9-13)22(21)18(19)12-17(18,2)16(20)14-6-4-3-5-7-14/h3-11,16,20H,12H2,1-2H3/t16?,17-,18-,22?/m0/s1. The molecule has 22 heavy (non-hydrogen) atoms. The minimum atomic E-state index is -1.36. The summed E-state index contributed by atoms with van der Waals surface area (Å²) in [4.78, 5) is 0.713. The van der Waals surface area contributed by atoms with Gasteiger partial charge in [0.1, 0.15) is 4.21 Å². The summed E-state index contributed by atoms with van der Waals surface area (Å²) in [6, 6.07) is 17.0. The normalized spacial score (nSPS) is 29.8. The summed E-state index contributed by atoms with van der Waals surface area (Å²) in [6.07, 6.45) is -0.196. The molecule has 1 fully saturated rings. The summed E-state index contributed by atoms with van der Waals surface area (Å²) < 4.78 is 11.9. The van der Waals surface area contributed by atoms with E-state index in [1.807, 2.05) is 68.4 Å². The summed E-state index contributed by atoms with van der Waals surface area (Å²) in [5.41, 5.74) is 1.34. The van der Waals surface area contributed by atoms with Gasteiger partial charge in [-0.3, -0.25) is 4.21 Å². The zero-order chi connectivity index (χ0) is 16.0. The van der Waals surface area contributed by atoms with Gasteiger partial charge in [-0.25, -0.2) is 0 Å². The number of halogens is 1. The van der Waals surface area contributed by atoms with Crippen molar-refractivity contribution in [2.45, 2.75) is 35.5 Å². The Labute approximate surface area is 138 Å². The molecule has 116 valence electrons. The van der Waals surface area contributed by atoms with Crippen LogP contribution in [0, 0.1) is 12.3 Å². The first-order chi connectivity index (χ1) is 10.4. The first-order valence-electron chi connectivity index (χ1n) is 7.29. The third kappa shape index (κ3) is 2.41. The van der Waals surface area contributed by atoms with Crippen molar-refractivity contribution >= 4 is 22.4 Å². The molecule has 2 aromatic rings. The quantitative estimate of drug-likeness (QED) is 0.852. The first-order valence-corrected chi connectivity index (χ1v) is 8.82. The molecular formula is C18H19ClO2S. The Balaban J connectivity index is 1.86. The number of aliphatic hydroxyl groups excluding tert-OH is 1. The van der Waals surface area contributed by atoms with Crippen molar-refractivity contribution in [2.75, 3.05) is 0 Å². The second-order valence-electron chi connectivity index (χ2n) is 6.22. The van der Waals surface area contributed by atoms with Crippen LogP contribution in [0.3, 0.4) is 0 Å². The number of alkyl halides is 1. The Kier molecular flexibility index (Phi) is 3.92. The molecule has 0 aliphatic heterocycles. The van der Waals surface area contributed by atoms with Crippen molar-refractivity contribution in [3.63, 3.8) is 0 Å². The maximum absolute atomic E-state index is 12.9. The molecule has 1 aliphatic carbocycles. The Morgan fingerprint density at radius 3 is 2.32 bits per heavy atom. The zero-order valence-corrected chi connectivity index (χ0v) is 14.2. The average Bonchev–Trinajstić information content (AvgIpc) is 3.12. The molecule has 4 atom stereocenters. The summed E-state index contributed by atoms with van der Waals surface area (Å²) >= 11 is 6.66. The Bertz CT molecular complexity index is 701. The first kappa shape index (κ1) is 15.7. The van der Waals surface area contributed by atoms with Gasteiger partial charge < -0.3 is 5.11 Å². The summed E-state index contributed by atoms with van der Waals surface area (Å²) in [7, 11) is -1.36. The minimum Gasteiger partial charge on any atom is -0.388 e. The van der Waals surface area contributed by atoms with Gasteiger partial charge in [0.2, 0.25) is 0 Å². The van der Waals surface area contributed by atoms with E-state index in [0.717, 1.165) is 11.1 Å². The van der Waals surface area contributed by atoms with Crippen LogP contribution >= 0.6 is 11.6 Å². The molecule has 2 aromatic carbocycles. The van der Waals surface area contributed by atoms with E-state index >= 15 is 0 Å². The average molecular weight is 335 g/mol. The predicted octanol–water partition coefficient (Wildman–Crippen LogP) is 4.18. The third-order valence-electron chi connectivity index (χ3n) is 4.57. The Hall–Kier alpha value is -1.16. The van der Waals surface area contributed by atoms with E-state index in [0.29, 0.717) is 11.3 Å². The van der Waals surface area contributed by atoms with Crippen molar-refractivity contribution in [1.82, 2.24) is 0 Å². The van der Waals surface area contributed by atoms with Gasteiger partial charge in [-0.2, -0.15) is 0 Å². The molecule has 0 bridgehead atoms. The molecule has 1 saturated carbocycles. The lowest BCUT2D eigenvalue weighted by Crippen LogP contribution is -2.24. The Morgan fingerprint density at radius 2 is 1.73 bits per heavy atom. The van der Waals surface area contributed by atoms with Crippen molar-refractivity contribution in [2.24, 2.45) is 5.41 Å². The van der Waals surface area contributed by atoms with E-state index in [2.05, 4.69) is 0 Å². The van der Waals surface area contributed by atoms with Crippen molar-refractivity contribution in [3.05, 3.63) is 65.7 Å². The molecule has 0 aromatic heterocycles. The number of hydrogen-bond donors (Lipinski definition) is 1. The molecule has 0 heterocycles. The molecule has 2 nitrogen and oxygen atoms in total. The number of benzene rings is 2. The highest BCUT2D eigenvalue weighted by Gasteiger charge is 2.71. The van der Waals surface area contributed by atoms with Crippen LogP contribution in [0.4, 0.5) is 0 Å². The van der Waals surface area contributed by atoms with Crippen molar-refractivity contribution in [1.29, 1.82) is 0 Å². The van der Waals surface area contributed by atoms with Gasteiger partial charge in [-0.1, -0.05) is 55.0 Å². The second-order valence-corrected chi connectivity index (χ2v) is 8.79. The molecular weight excluding hydrogens is 316 g/mol. The van der Waals surface area contributed by atoms with Gasteiger partial charge in [0.05, 0.1) is 16.9 Å². The second kappa shape index (κ2) is 5.48. The number of rotatable bonds is 4. The van der Waals surface area contributed by atoms with Crippen LogP contribution in [-0.4, -0.2) is 13.5 Å². The molecule has 0 spiro atoms. The molecule has 1 N–H and O–H groups in total. The number of aliphatic hydroxyl groups is 1. The number of aryl methyl sites for hydroxylation is 1. The van der Waals surface area contributed by atoms with Crippen LogP contribution in [0.15, 0.2) is 59.5 Å². The van der Waals surface area contributed by atoms with E-state index in [1.54, 1.807) is 0 Å². The zero-order valence-electron chi connectivity index (χ0n) is 12.6. The fourth-order valence-corrected chi connectivity index (χ4v) is 5.23. The number of hydrogen-bond acceptors (Lipinski definition) is 2. The molecule has 4 heteroatoms. The van der Waals surface area contributed by atoms with Gasteiger partial charge >= 0.3 is 0 Å². The minimum absolute atomic E-state index is 0.526. The lowest BCUT2D eigenvalue weighted by molar-refractivity contribution is 0.102. The molecule has 3 rings (SSSR count). The molecule has 1 aliphatic rings.